The molecule has 3 aromatic rings. The molecule has 3 atom stereocenters. The first-order valence-corrected chi connectivity index (χ1v) is 14.1. The first-order chi connectivity index (χ1) is 20.3. The fourth-order valence-corrected chi connectivity index (χ4v) is 5.93. The van der Waals surface area contributed by atoms with Crippen molar-refractivity contribution >= 4 is 35.3 Å². The van der Waals surface area contributed by atoms with Gasteiger partial charge in [-0.05, 0) is 47.9 Å². The summed E-state index contributed by atoms with van der Waals surface area (Å²) in [6.45, 7) is 5.99. The van der Waals surface area contributed by atoms with E-state index in [-0.39, 0.29) is 31.5 Å². The summed E-state index contributed by atoms with van der Waals surface area (Å²) in [4.78, 5) is 43.6. The quantitative estimate of drug-likeness (QED) is 0.283. The molecular formula is C34H35N3O5. The van der Waals surface area contributed by atoms with E-state index in [1.165, 1.54) is 9.80 Å². The average molecular weight is 566 g/mol. The zero-order valence-corrected chi connectivity index (χ0v) is 23.6. The van der Waals surface area contributed by atoms with Crippen LogP contribution in [0.3, 0.4) is 0 Å². The molecule has 0 unspecified atom stereocenters. The molecule has 0 aliphatic carbocycles. The molecule has 2 N–H and O–H groups in total. The maximum atomic E-state index is 13.7. The summed E-state index contributed by atoms with van der Waals surface area (Å²) in [5.74, 6) is -1.33. The predicted octanol–water partition coefficient (Wildman–Crippen LogP) is 4.23. The Bertz CT molecular complexity index is 1520. The molecule has 0 bridgehead atoms. The van der Waals surface area contributed by atoms with Crippen LogP contribution in [0.4, 0.5) is 17.1 Å². The summed E-state index contributed by atoms with van der Waals surface area (Å²) < 4.78 is 0. The van der Waals surface area contributed by atoms with Gasteiger partial charge in [0.15, 0.2) is 5.60 Å². The van der Waals surface area contributed by atoms with Crippen LogP contribution in [0, 0.1) is 5.92 Å². The van der Waals surface area contributed by atoms with E-state index in [1.54, 1.807) is 60.4 Å². The maximum absolute atomic E-state index is 13.7. The first kappa shape index (κ1) is 29.0. The van der Waals surface area contributed by atoms with Crippen LogP contribution in [0.1, 0.15) is 30.0 Å². The Morgan fingerprint density at radius 3 is 2.50 bits per heavy atom. The van der Waals surface area contributed by atoms with Crippen LogP contribution in [0.5, 0.6) is 0 Å². The lowest BCUT2D eigenvalue weighted by Crippen LogP contribution is -2.46. The molecule has 8 heteroatoms. The highest BCUT2D eigenvalue weighted by molar-refractivity contribution is 6.08. The van der Waals surface area contributed by atoms with E-state index in [9.17, 15) is 24.6 Å². The van der Waals surface area contributed by atoms with Crippen molar-refractivity contribution in [3.63, 3.8) is 0 Å². The van der Waals surface area contributed by atoms with Crippen LogP contribution < -0.4 is 9.80 Å². The van der Waals surface area contributed by atoms with E-state index in [0.29, 0.717) is 42.0 Å². The van der Waals surface area contributed by atoms with Crippen LogP contribution in [-0.4, -0.2) is 52.5 Å². The Kier molecular flexibility index (Phi) is 8.38. The molecule has 0 saturated heterocycles. The maximum Gasteiger partial charge on any atom is 0.264 e. The lowest BCUT2D eigenvalue weighted by Gasteiger charge is -2.36. The number of anilines is 3. The smallest absolute Gasteiger partial charge is 0.264 e. The second-order valence-corrected chi connectivity index (χ2v) is 10.7. The van der Waals surface area contributed by atoms with Crippen molar-refractivity contribution in [3.05, 3.63) is 114 Å². The van der Waals surface area contributed by atoms with Crippen molar-refractivity contribution in [1.29, 1.82) is 0 Å². The Hall–Kier alpha value is -4.53. The minimum Gasteiger partial charge on any atom is -0.394 e. The van der Waals surface area contributed by atoms with Crippen LogP contribution in [0.2, 0.25) is 0 Å². The molecular weight excluding hydrogens is 530 g/mol. The molecule has 42 heavy (non-hydrogen) atoms. The lowest BCUT2D eigenvalue weighted by atomic mass is 9.82. The third-order valence-corrected chi connectivity index (χ3v) is 8.25. The van der Waals surface area contributed by atoms with Crippen molar-refractivity contribution in [2.45, 2.75) is 38.0 Å². The number of fused-ring (bicyclic) bond motifs is 2. The minimum atomic E-state index is -1.92. The summed E-state index contributed by atoms with van der Waals surface area (Å²) in [5.41, 5.74) is 2.36. The van der Waals surface area contributed by atoms with Gasteiger partial charge in [0.1, 0.15) is 0 Å². The van der Waals surface area contributed by atoms with Crippen LogP contribution in [-0.2, 0) is 33.0 Å². The number of nitrogens with zero attached hydrogens (tertiary/aromatic N) is 3. The van der Waals surface area contributed by atoms with Crippen LogP contribution in [0.15, 0.2) is 97.6 Å². The molecule has 0 saturated carbocycles. The second-order valence-electron chi connectivity index (χ2n) is 10.7. The summed E-state index contributed by atoms with van der Waals surface area (Å²) >= 11 is 0. The number of carbonyl (C=O) groups excluding carboxylic acids is 3. The molecule has 2 aliphatic rings. The topological polar surface area (TPSA) is 101 Å². The van der Waals surface area contributed by atoms with Crippen molar-refractivity contribution < 1.29 is 24.6 Å². The van der Waals surface area contributed by atoms with Crippen LogP contribution >= 0.6 is 0 Å². The predicted molar refractivity (Wildman–Crippen MR) is 162 cm³/mol. The van der Waals surface area contributed by atoms with Crippen molar-refractivity contribution in [1.82, 2.24) is 4.90 Å². The van der Waals surface area contributed by atoms with E-state index in [1.807, 2.05) is 42.5 Å². The van der Waals surface area contributed by atoms with Gasteiger partial charge < -0.3 is 20.0 Å². The van der Waals surface area contributed by atoms with Gasteiger partial charge in [-0.1, -0.05) is 67.6 Å². The van der Waals surface area contributed by atoms with Gasteiger partial charge in [0.2, 0.25) is 12.3 Å². The fourth-order valence-electron chi connectivity index (χ4n) is 5.93. The van der Waals surface area contributed by atoms with Gasteiger partial charge in [-0.25, -0.2) is 0 Å². The number of hydrogen-bond acceptors (Lipinski definition) is 5. The zero-order chi connectivity index (χ0) is 29.9. The number of para-hydroxylation sites is 1. The van der Waals surface area contributed by atoms with E-state index in [0.717, 1.165) is 11.1 Å². The third-order valence-electron chi connectivity index (χ3n) is 8.25. The van der Waals surface area contributed by atoms with Crippen molar-refractivity contribution in [2.24, 2.45) is 5.92 Å². The number of aliphatic hydroxyl groups is 2. The molecule has 5 rings (SSSR count). The molecule has 3 aromatic carbocycles. The van der Waals surface area contributed by atoms with E-state index < -0.39 is 17.4 Å². The van der Waals surface area contributed by atoms with Crippen molar-refractivity contribution in [2.75, 3.05) is 23.0 Å². The number of aliphatic hydroxyl groups excluding tert-OH is 1. The van der Waals surface area contributed by atoms with Gasteiger partial charge in [-0.15, -0.1) is 6.58 Å². The Balaban J connectivity index is 1.40. The van der Waals surface area contributed by atoms with Gasteiger partial charge in [-0.3, -0.25) is 19.3 Å². The van der Waals surface area contributed by atoms with Gasteiger partial charge >= 0.3 is 0 Å². The fraction of sp³-hybridized carbons (Fsp3) is 0.265. The summed E-state index contributed by atoms with van der Waals surface area (Å²) in [7, 11) is 0. The van der Waals surface area contributed by atoms with E-state index in [4.69, 9.17) is 0 Å². The number of carbonyl (C=O) groups is 3. The second kappa shape index (κ2) is 12.1. The molecule has 0 spiro atoms. The minimum absolute atomic E-state index is 0.0590. The van der Waals surface area contributed by atoms with Gasteiger partial charge in [0.05, 0.1) is 18.3 Å². The van der Waals surface area contributed by atoms with E-state index in [2.05, 4.69) is 6.58 Å². The third kappa shape index (κ3) is 5.15. The summed E-state index contributed by atoms with van der Waals surface area (Å²) in [5, 5.41) is 22.0. The van der Waals surface area contributed by atoms with Crippen LogP contribution in [0.25, 0.3) is 0 Å². The number of hydrogen-bond donors (Lipinski definition) is 2. The van der Waals surface area contributed by atoms with Gasteiger partial charge in [-0.2, -0.15) is 0 Å². The largest absolute Gasteiger partial charge is 0.394 e. The van der Waals surface area contributed by atoms with Gasteiger partial charge in [0.25, 0.3) is 5.91 Å². The normalized spacial score (nSPS) is 20.3. The molecule has 8 nitrogen and oxygen atoms in total. The number of amides is 3. The lowest BCUT2D eigenvalue weighted by molar-refractivity contribution is -0.139. The molecule has 2 heterocycles. The highest BCUT2D eigenvalue weighted by atomic mass is 16.3. The Morgan fingerprint density at radius 2 is 1.81 bits per heavy atom. The standard InChI is InChI=1S/C34H35N3O5/c1-3-18-35-31-17-16-28(37(23-39)27-13-5-4-6-14-27)20-30(31)34(42,33(35)41)24(2)10-9-15-32(40)36-21-26-12-8-7-11-25(26)19-29(36)22-38/h3-14,16-17,20,23-24,29,38,42H,1,15,18-19,21-22H2,2H3/b10-9+/t24-,29+,34+/m1/s1. The number of benzene rings is 3. The highest BCUT2D eigenvalue weighted by Crippen LogP contribution is 2.47. The molecule has 0 aromatic heterocycles. The zero-order valence-electron chi connectivity index (χ0n) is 23.6. The first-order valence-electron chi connectivity index (χ1n) is 14.1. The van der Waals surface area contributed by atoms with Crippen molar-refractivity contribution in [3.8, 4) is 0 Å². The molecule has 2 aliphatic heterocycles. The molecule has 0 radical (unpaired) electrons. The van der Waals surface area contributed by atoms with Gasteiger partial charge in [0, 0.05) is 42.4 Å². The Labute approximate surface area is 245 Å². The average Bonchev–Trinajstić information content (AvgIpc) is 3.23. The summed E-state index contributed by atoms with van der Waals surface area (Å²) in [6, 6.07) is 21.8. The molecule has 0 fully saturated rings. The molecule has 216 valence electrons. The molecule has 3 amide bonds. The Morgan fingerprint density at radius 1 is 1.10 bits per heavy atom. The van der Waals surface area contributed by atoms with E-state index >= 15 is 0 Å². The SMILES string of the molecule is C=CCN1C(=O)[C@](O)([C@H](C)/C=C/CC(=O)N2Cc3ccccc3C[C@H]2CO)c2cc(N(C=O)c3ccccc3)ccc21. The summed E-state index contributed by atoms with van der Waals surface area (Å²) in [6.07, 6.45) is 6.30. The highest BCUT2D eigenvalue weighted by Gasteiger charge is 2.52. The monoisotopic (exact) mass is 565 g/mol. The number of rotatable bonds is 10.